The van der Waals surface area contributed by atoms with E-state index in [0.717, 1.165) is 0 Å². The molecule has 2 aliphatic heterocycles. The van der Waals surface area contributed by atoms with E-state index in [-0.39, 0.29) is 11.4 Å². The number of aliphatic carboxylic acids is 1. The molecule has 0 radical (unpaired) electrons. The quantitative estimate of drug-likeness (QED) is 0.411. The van der Waals surface area contributed by atoms with Gasteiger partial charge in [-0.25, -0.2) is 9.78 Å². The van der Waals surface area contributed by atoms with E-state index < -0.39 is 40.0 Å². The molecule has 2 aromatic rings. The molecule has 4 rings (SSSR count). The second kappa shape index (κ2) is 9.18. The highest BCUT2D eigenvalue weighted by molar-refractivity contribution is 8.01. The Hall–Kier alpha value is -2.09. The molecular weight excluding hydrogens is 482 g/mol. The summed E-state index contributed by atoms with van der Waals surface area (Å²) in [6, 6.07) is 2.60. The Morgan fingerprint density at radius 1 is 1.48 bits per heavy atom. The fourth-order valence-electron chi connectivity index (χ4n) is 3.16. The summed E-state index contributed by atoms with van der Waals surface area (Å²) in [5.74, 6) is -1.16. The average Bonchev–Trinajstić information content (AvgIpc) is 3.41. The number of aromatic nitrogens is 1. The van der Waals surface area contributed by atoms with E-state index in [2.05, 4.69) is 10.3 Å². The summed E-state index contributed by atoms with van der Waals surface area (Å²) in [4.78, 5) is 42.1. The van der Waals surface area contributed by atoms with Crippen LogP contribution in [0.1, 0.15) is 5.89 Å². The first-order chi connectivity index (χ1) is 14.8. The molecule has 9 nitrogen and oxygen atoms in total. The first kappa shape index (κ1) is 22.1. The van der Waals surface area contributed by atoms with Crippen LogP contribution in [0, 0.1) is 6.92 Å². The Morgan fingerprint density at radius 2 is 2.29 bits per heavy atom. The van der Waals surface area contributed by atoms with E-state index in [1.54, 1.807) is 30.6 Å². The van der Waals surface area contributed by atoms with Gasteiger partial charge in [0.15, 0.2) is 11.0 Å². The fourth-order valence-corrected chi connectivity index (χ4v) is 7.41. The second-order valence-electron chi connectivity index (χ2n) is 6.62. The van der Waals surface area contributed by atoms with Gasteiger partial charge in [0.2, 0.25) is 5.91 Å². The molecule has 4 heterocycles. The van der Waals surface area contributed by atoms with Gasteiger partial charge in [0.25, 0.3) is 5.91 Å². The SMILES string of the molecule is Cc1ncc(SCC2=C(C(=O)O)N3C(=O)C(NC(=O)CS(=O)c4cccs4)[C@H]3SC2)o1. The normalized spacial score (nSPS) is 21.5. The molecule has 1 saturated heterocycles. The predicted molar refractivity (Wildman–Crippen MR) is 117 cm³/mol. The highest BCUT2D eigenvalue weighted by Crippen LogP contribution is 2.41. The number of rotatable bonds is 8. The number of amides is 2. The fraction of sp³-hybridized carbons (Fsp3) is 0.333. The Morgan fingerprint density at radius 3 is 2.94 bits per heavy atom. The van der Waals surface area contributed by atoms with Crippen LogP contribution in [-0.4, -0.2) is 65.7 Å². The number of oxazole rings is 1. The first-order valence-electron chi connectivity index (χ1n) is 9.01. The summed E-state index contributed by atoms with van der Waals surface area (Å²) < 4.78 is 18.2. The highest BCUT2D eigenvalue weighted by atomic mass is 32.2. The third-order valence-electron chi connectivity index (χ3n) is 4.54. The minimum atomic E-state index is -1.48. The number of carboxylic acids is 1. The van der Waals surface area contributed by atoms with E-state index in [4.69, 9.17) is 4.42 Å². The molecule has 2 N–H and O–H groups in total. The molecule has 2 aromatic heterocycles. The van der Waals surface area contributed by atoms with Crippen molar-refractivity contribution in [3.63, 3.8) is 0 Å². The molecule has 0 saturated carbocycles. The smallest absolute Gasteiger partial charge is 0.352 e. The lowest BCUT2D eigenvalue weighted by Crippen LogP contribution is -2.70. The number of thioether (sulfide) groups is 2. The van der Waals surface area contributed by atoms with Gasteiger partial charge in [0.1, 0.15) is 22.9 Å². The van der Waals surface area contributed by atoms with Crippen molar-refractivity contribution in [3.05, 3.63) is 40.9 Å². The number of carbonyl (C=O) groups is 3. The van der Waals surface area contributed by atoms with Gasteiger partial charge in [0.05, 0.1) is 21.2 Å². The Labute approximate surface area is 192 Å². The van der Waals surface area contributed by atoms with Gasteiger partial charge in [0, 0.05) is 18.4 Å². The van der Waals surface area contributed by atoms with Crippen molar-refractivity contribution >= 4 is 63.4 Å². The molecule has 0 aliphatic carbocycles. The number of nitrogens with one attached hydrogen (secondary N) is 1. The zero-order valence-corrected chi connectivity index (χ0v) is 19.4. The molecule has 0 bridgehead atoms. The van der Waals surface area contributed by atoms with Gasteiger partial charge in [-0.05, 0) is 17.0 Å². The van der Waals surface area contributed by atoms with Crippen LogP contribution in [0.3, 0.4) is 0 Å². The van der Waals surface area contributed by atoms with E-state index in [1.165, 1.54) is 39.8 Å². The number of thiophene rings is 1. The largest absolute Gasteiger partial charge is 0.477 e. The molecule has 0 spiro atoms. The maximum Gasteiger partial charge on any atom is 0.352 e. The summed E-state index contributed by atoms with van der Waals surface area (Å²) in [6.45, 7) is 1.72. The van der Waals surface area contributed by atoms with Crippen molar-refractivity contribution in [3.8, 4) is 0 Å². The standard InChI is InChI=1S/C18H17N3O6S4/c1-9-19-5-12(27-9)29-6-10-7-30-17-14(16(23)21(17)15(10)18(24)25)20-11(22)8-31(26)13-3-2-4-28-13/h2-5,14,17H,6-8H2,1H3,(H,20,22)(H,24,25)/t14?,17-,31?/m1/s1. The molecule has 164 valence electrons. The number of β-lactam (4-membered cyclic amide) rings is 1. The summed E-state index contributed by atoms with van der Waals surface area (Å²) in [5.41, 5.74) is 0.551. The summed E-state index contributed by atoms with van der Waals surface area (Å²) in [7, 11) is -1.48. The number of carbonyl (C=O) groups excluding carboxylic acids is 2. The molecule has 3 atom stereocenters. The molecule has 2 unspecified atom stereocenters. The zero-order chi connectivity index (χ0) is 22.1. The average molecular weight is 500 g/mol. The van der Waals surface area contributed by atoms with Crippen LogP contribution < -0.4 is 5.32 Å². The lowest BCUT2D eigenvalue weighted by Gasteiger charge is -2.49. The molecule has 13 heteroatoms. The number of aryl methyl sites for hydroxylation is 1. The third kappa shape index (κ3) is 4.59. The molecular formula is C18H17N3O6S4. The number of hydrogen-bond acceptors (Lipinski definition) is 9. The van der Waals surface area contributed by atoms with Crippen molar-refractivity contribution < 1.29 is 28.1 Å². The predicted octanol–water partition coefficient (Wildman–Crippen LogP) is 1.68. The van der Waals surface area contributed by atoms with Crippen molar-refractivity contribution in [1.29, 1.82) is 0 Å². The maximum atomic E-state index is 12.7. The van der Waals surface area contributed by atoms with Gasteiger partial charge in [-0.3, -0.25) is 18.7 Å². The van der Waals surface area contributed by atoms with Gasteiger partial charge < -0.3 is 14.8 Å². The summed E-state index contributed by atoms with van der Waals surface area (Å²) >= 11 is 3.99. The van der Waals surface area contributed by atoms with Gasteiger partial charge in [-0.1, -0.05) is 17.8 Å². The van der Waals surface area contributed by atoms with E-state index in [9.17, 15) is 23.7 Å². The Balaban J connectivity index is 1.41. The lowest BCUT2D eigenvalue weighted by molar-refractivity contribution is -0.150. The van der Waals surface area contributed by atoms with Gasteiger partial charge in [-0.15, -0.1) is 23.1 Å². The van der Waals surface area contributed by atoms with Crippen molar-refractivity contribution in [2.24, 2.45) is 0 Å². The Bertz CT molecular complexity index is 1080. The Kier molecular flexibility index (Phi) is 6.55. The molecule has 0 aromatic carbocycles. The summed E-state index contributed by atoms with van der Waals surface area (Å²) in [6.07, 6.45) is 1.57. The third-order valence-corrected chi connectivity index (χ3v) is 9.46. The van der Waals surface area contributed by atoms with E-state index in [0.29, 0.717) is 32.3 Å². The van der Waals surface area contributed by atoms with Crippen LogP contribution >= 0.6 is 34.9 Å². The molecule has 2 amide bonds. The number of fused-ring (bicyclic) bond motifs is 1. The van der Waals surface area contributed by atoms with Crippen LogP contribution in [0.15, 0.2) is 48.7 Å². The zero-order valence-electron chi connectivity index (χ0n) is 16.1. The van der Waals surface area contributed by atoms with E-state index in [1.807, 2.05) is 0 Å². The van der Waals surface area contributed by atoms with Crippen molar-refractivity contribution in [1.82, 2.24) is 15.2 Å². The van der Waals surface area contributed by atoms with Crippen LogP contribution in [0.4, 0.5) is 0 Å². The van der Waals surface area contributed by atoms with Gasteiger partial charge >= 0.3 is 5.97 Å². The molecule has 1 fully saturated rings. The summed E-state index contributed by atoms with van der Waals surface area (Å²) in [5, 5.41) is 14.2. The lowest BCUT2D eigenvalue weighted by atomic mass is 10.0. The molecule has 2 aliphatic rings. The minimum absolute atomic E-state index is 0.0508. The maximum absolute atomic E-state index is 12.7. The van der Waals surface area contributed by atoms with E-state index >= 15 is 0 Å². The monoisotopic (exact) mass is 499 g/mol. The highest BCUT2D eigenvalue weighted by Gasteiger charge is 2.54. The molecule has 31 heavy (non-hydrogen) atoms. The minimum Gasteiger partial charge on any atom is -0.477 e. The first-order valence-corrected chi connectivity index (χ1v) is 13.2. The van der Waals surface area contributed by atoms with Crippen LogP contribution in [-0.2, 0) is 25.2 Å². The van der Waals surface area contributed by atoms with Gasteiger partial charge in [-0.2, -0.15) is 0 Å². The number of carboxylic acid groups (broad SMARTS) is 1. The van der Waals surface area contributed by atoms with Crippen LogP contribution in [0.2, 0.25) is 0 Å². The van der Waals surface area contributed by atoms with Crippen molar-refractivity contribution in [2.45, 2.75) is 27.6 Å². The second-order valence-corrected chi connectivity index (χ2v) is 11.3. The number of nitrogens with zero attached hydrogens (tertiary/aromatic N) is 2. The van der Waals surface area contributed by atoms with Crippen LogP contribution in [0.25, 0.3) is 0 Å². The topological polar surface area (TPSA) is 130 Å². The number of hydrogen-bond donors (Lipinski definition) is 2. The van der Waals surface area contributed by atoms with Crippen LogP contribution in [0.5, 0.6) is 0 Å². The van der Waals surface area contributed by atoms with Crippen molar-refractivity contribution in [2.75, 3.05) is 17.3 Å².